The van der Waals surface area contributed by atoms with Crippen LogP contribution in [-0.4, -0.2) is 19.8 Å². The van der Waals surface area contributed by atoms with Crippen LogP contribution in [0.4, 0.5) is 0 Å². The number of hydrogen-bond acceptors (Lipinski definition) is 3. The van der Waals surface area contributed by atoms with E-state index in [0.29, 0.717) is 6.61 Å². The number of para-hydroxylation sites is 2. The molecule has 0 fully saturated rings. The second-order valence-corrected chi connectivity index (χ2v) is 5.49. The summed E-state index contributed by atoms with van der Waals surface area (Å²) in [6.07, 6.45) is 0.933. The molecule has 0 aliphatic heterocycles. The van der Waals surface area contributed by atoms with Crippen molar-refractivity contribution in [1.29, 1.82) is 0 Å². The van der Waals surface area contributed by atoms with Gasteiger partial charge in [-0.3, -0.25) is 0 Å². The zero-order valence-corrected chi connectivity index (χ0v) is 11.2. The minimum Gasteiger partial charge on any atom is -0.493 e. The Labute approximate surface area is 104 Å². The minimum atomic E-state index is 0.0416. The van der Waals surface area contributed by atoms with Crippen LogP contribution in [0.2, 0.25) is 0 Å². The summed E-state index contributed by atoms with van der Waals surface area (Å²) in [5.41, 5.74) is 6.26. The highest BCUT2D eigenvalue weighted by Crippen LogP contribution is 2.26. The van der Waals surface area contributed by atoms with Gasteiger partial charge in [0.1, 0.15) is 6.61 Å². The van der Waals surface area contributed by atoms with E-state index in [4.69, 9.17) is 15.2 Å². The number of hydrogen-bond donors (Lipinski definition) is 1. The van der Waals surface area contributed by atoms with Gasteiger partial charge in [0, 0.05) is 6.04 Å². The number of methoxy groups -OCH3 is 1. The van der Waals surface area contributed by atoms with Gasteiger partial charge in [0.05, 0.1) is 7.11 Å². The molecule has 0 bridgehead atoms. The van der Waals surface area contributed by atoms with E-state index in [1.165, 1.54) is 0 Å². The van der Waals surface area contributed by atoms with Gasteiger partial charge in [-0.2, -0.15) is 0 Å². The SMILES string of the molecule is COc1ccccc1OCC(N)CC(C)(C)C. The molecule has 96 valence electrons. The number of nitrogens with two attached hydrogens (primary N) is 1. The minimum absolute atomic E-state index is 0.0416. The Bertz CT molecular complexity index is 344. The van der Waals surface area contributed by atoms with Crippen LogP contribution in [0.5, 0.6) is 11.5 Å². The maximum absolute atomic E-state index is 6.03. The molecule has 0 radical (unpaired) electrons. The Balaban J connectivity index is 2.50. The Morgan fingerprint density at radius 2 is 1.76 bits per heavy atom. The van der Waals surface area contributed by atoms with Gasteiger partial charge in [-0.1, -0.05) is 32.9 Å². The van der Waals surface area contributed by atoms with E-state index in [2.05, 4.69) is 20.8 Å². The van der Waals surface area contributed by atoms with Crippen molar-refractivity contribution in [3.63, 3.8) is 0 Å². The molecule has 0 saturated carbocycles. The van der Waals surface area contributed by atoms with Crippen molar-refractivity contribution >= 4 is 0 Å². The number of ether oxygens (including phenoxy) is 2. The lowest BCUT2D eigenvalue weighted by Crippen LogP contribution is -2.32. The summed E-state index contributed by atoms with van der Waals surface area (Å²) in [5, 5.41) is 0. The fraction of sp³-hybridized carbons (Fsp3) is 0.571. The lowest BCUT2D eigenvalue weighted by Gasteiger charge is -2.23. The molecule has 1 unspecified atom stereocenters. The van der Waals surface area contributed by atoms with Crippen LogP contribution in [0, 0.1) is 5.41 Å². The van der Waals surface area contributed by atoms with Gasteiger partial charge in [0.2, 0.25) is 0 Å². The molecule has 1 atom stereocenters. The van der Waals surface area contributed by atoms with Crippen molar-refractivity contribution < 1.29 is 9.47 Å². The molecule has 3 heteroatoms. The molecule has 0 amide bonds. The molecular formula is C14H23NO2. The first-order valence-corrected chi connectivity index (χ1v) is 5.94. The summed E-state index contributed by atoms with van der Waals surface area (Å²) in [5.74, 6) is 1.50. The highest BCUT2D eigenvalue weighted by atomic mass is 16.5. The standard InChI is InChI=1S/C14H23NO2/c1-14(2,3)9-11(15)10-17-13-8-6-5-7-12(13)16-4/h5-8,11H,9-10,15H2,1-4H3. The van der Waals surface area contributed by atoms with Gasteiger partial charge in [0.15, 0.2) is 11.5 Å². The van der Waals surface area contributed by atoms with Crippen LogP contribution in [0.25, 0.3) is 0 Å². The monoisotopic (exact) mass is 237 g/mol. The average molecular weight is 237 g/mol. The third kappa shape index (κ3) is 5.09. The van der Waals surface area contributed by atoms with Crippen molar-refractivity contribution in [2.24, 2.45) is 11.1 Å². The van der Waals surface area contributed by atoms with Crippen molar-refractivity contribution in [3.8, 4) is 11.5 Å². The third-order valence-electron chi connectivity index (χ3n) is 2.40. The van der Waals surface area contributed by atoms with Crippen LogP contribution < -0.4 is 15.2 Å². The van der Waals surface area contributed by atoms with E-state index in [1.807, 2.05) is 24.3 Å². The van der Waals surface area contributed by atoms with Crippen molar-refractivity contribution in [2.45, 2.75) is 33.2 Å². The van der Waals surface area contributed by atoms with Crippen LogP contribution >= 0.6 is 0 Å². The van der Waals surface area contributed by atoms with Gasteiger partial charge in [0.25, 0.3) is 0 Å². The van der Waals surface area contributed by atoms with Crippen LogP contribution in [0.3, 0.4) is 0 Å². The molecule has 0 saturated heterocycles. The topological polar surface area (TPSA) is 44.5 Å². The summed E-state index contributed by atoms with van der Waals surface area (Å²) in [6.45, 7) is 7.04. The Hall–Kier alpha value is -1.22. The number of benzene rings is 1. The highest BCUT2D eigenvalue weighted by Gasteiger charge is 2.16. The molecule has 0 aliphatic carbocycles. The van der Waals surface area contributed by atoms with Crippen molar-refractivity contribution in [2.75, 3.05) is 13.7 Å². The first kappa shape index (κ1) is 13.8. The Morgan fingerprint density at radius 3 is 2.29 bits per heavy atom. The molecule has 0 spiro atoms. The lowest BCUT2D eigenvalue weighted by atomic mass is 9.89. The van der Waals surface area contributed by atoms with E-state index < -0.39 is 0 Å². The molecule has 1 rings (SSSR count). The summed E-state index contributed by atoms with van der Waals surface area (Å²) < 4.78 is 10.9. The second-order valence-electron chi connectivity index (χ2n) is 5.49. The van der Waals surface area contributed by atoms with E-state index in [0.717, 1.165) is 17.9 Å². The zero-order chi connectivity index (χ0) is 12.9. The summed E-state index contributed by atoms with van der Waals surface area (Å²) in [4.78, 5) is 0. The van der Waals surface area contributed by atoms with Gasteiger partial charge in [-0.25, -0.2) is 0 Å². The molecule has 0 heterocycles. The van der Waals surface area contributed by atoms with Crippen LogP contribution in [0.1, 0.15) is 27.2 Å². The van der Waals surface area contributed by atoms with Gasteiger partial charge in [-0.15, -0.1) is 0 Å². The Kier molecular flexibility index (Phi) is 4.82. The van der Waals surface area contributed by atoms with Crippen molar-refractivity contribution in [3.05, 3.63) is 24.3 Å². The van der Waals surface area contributed by atoms with Gasteiger partial charge >= 0.3 is 0 Å². The Morgan fingerprint density at radius 1 is 1.18 bits per heavy atom. The molecule has 1 aromatic carbocycles. The molecule has 0 aromatic heterocycles. The van der Waals surface area contributed by atoms with E-state index in [9.17, 15) is 0 Å². The fourth-order valence-electron chi connectivity index (χ4n) is 1.78. The predicted octanol–water partition coefficient (Wildman–Crippen LogP) is 2.84. The van der Waals surface area contributed by atoms with Gasteiger partial charge < -0.3 is 15.2 Å². The molecule has 1 aromatic rings. The molecule has 3 nitrogen and oxygen atoms in total. The molecule has 2 N–H and O–H groups in total. The normalized spacial score (nSPS) is 13.2. The molecule has 0 aliphatic rings. The quantitative estimate of drug-likeness (QED) is 0.856. The predicted molar refractivity (Wildman–Crippen MR) is 70.5 cm³/mol. The van der Waals surface area contributed by atoms with Crippen LogP contribution in [-0.2, 0) is 0 Å². The zero-order valence-electron chi connectivity index (χ0n) is 11.2. The van der Waals surface area contributed by atoms with E-state index in [-0.39, 0.29) is 11.5 Å². The van der Waals surface area contributed by atoms with Gasteiger partial charge in [-0.05, 0) is 24.0 Å². The third-order valence-corrected chi connectivity index (χ3v) is 2.40. The first-order chi connectivity index (χ1) is 7.92. The highest BCUT2D eigenvalue weighted by molar-refractivity contribution is 5.39. The lowest BCUT2D eigenvalue weighted by molar-refractivity contribution is 0.233. The molecule has 17 heavy (non-hydrogen) atoms. The largest absolute Gasteiger partial charge is 0.493 e. The van der Waals surface area contributed by atoms with E-state index >= 15 is 0 Å². The fourth-order valence-corrected chi connectivity index (χ4v) is 1.78. The second kappa shape index (κ2) is 5.92. The van der Waals surface area contributed by atoms with Crippen molar-refractivity contribution in [1.82, 2.24) is 0 Å². The number of rotatable bonds is 5. The summed E-state index contributed by atoms with van der Waals surface area (Å²) in [7, 11) is 1.64. The van der Waals surface area contributed by atoms with Crippen LogP contribution in [0.15, 0.2) is 24.3 Å². The average Bonchev–Trinajstić information content (AvgIpc) is 2.24. The summed E-state index contributed by atoms with van der Waals surface area (Å²) >= 11 is 0. The smallest absolute Gasteiger partial charge is 0.161 e. The molecular weight excluding hydrogens is 214 g/mol. The maximum Gasteiger partial charge on any atom is 0.161 e. The maximum atomic E-state index is 6.03. The first-order valence-electron chi connectivity index (χ1n) is 5.94. The van der Waals surface area contributed by atoms with E-state index in [1.54, 1.807) is 7.11 Å². The summed E-state index contributed by atoms with van der Waals surface area (Å²) in [6, 6.07) is 7.65.